The van der Waals surface area contributed by atoms with E-state index < -0.39 is 6.03 Å². The minimum Gasteiger partial charge on any atom is -0.507 e. The third-order valence-corrected chi connectivity index (χ3v) is 5.41. The van der Waals surface area contributed by atoms with E-state index in [1.165, 1.54) is 22.9 Å². The first-order valence-electron chi connectivity index (χ1n) is 11.1. The summed E-state index contributed by atoms with van der Waals surface area (Å²) >= 11 is 0. The largest absolute Gasteiger partial charge is 0.507 e. The van der Waals surface area contributed by atoms with Gasteiger partial charge in [0.25, 0.3) is 0 Å². The minimum atomic E-state index is -0.423. The summed E-state index contributed by atoms with van der Waals surface area (Å²) in [4.78, 5) is 25.0. The maximum absolute atomic E-state index is 13.4. The number of carbonyl (C=O) groups excluding carboxylic acids is 2. The third kappa shape index (κ3) is 5.58. The van der Waals surface area contributed by atoms with Gasteiger partial charge in [-0.3, -0.25) is 4.79 Å². The number of hydrogen-bond donors (Lipinski definition) is 3. The molecule has 1 aromatic heterocycles. The molecule has 4 rings (SSSR count). The van der Waals surface area contributed by atoms with E-state index in [4.69, 9.17) is 0 Å². The van der Waals surface area contributed by atoms with Crippen molar-refractivity contribution in [3.63, 3.8) is 0 Å². The molecule has 1 aliphatic rings. The van der Waals surface area contributed by atoms with Crippen molar-refractivity contribution in [1.29, 1.82) is 0 Å². The summed E-state index contributed by atoms with van der Waals surface area (Å²) in [7, 11) is 0. The van der Waals surface area contributed by atoms with Gasteiger partial charge in [0.15, 0.2) is 0 Å². The molecule has 3 aromatic rings. The van der Waals surface area contributed by atoms with Crippen LogP contribution in [0.4, 0.5) is 14.9 Å². The average Bonchev–Trinajstić information content (AvgIpc) is 3.51. The minimum absolute atomic E-state index is 0.00373. The molecule has 33 heavy (non-hydrogen) atoms. The van der Waals surface area contributed by atoms with Crippen molar-refractivity contribution in [1.82, 2.24) is 15.1 Å². The Labute approximate surface area is 191 Å². The first kappa shape index (κ1) is 22.5. The summed E-state index contributed by atoms with van der Waals surface area (Å²) in [6.07, 6.45) is 2.31. The molecule has 0 saturated heterocycles. The molecule has 1 heterocycles. The van der Waals surface area contributed by atoms with Gasteiger partial charge in [0.05, 0.1) is 11.4 Å². The number of phenolic OH excluding ortho intramolecular Hbond substituents is 1. The van der Waals surface area contributed by atoms with Crippen LogP contribution in [0.2, 0.25) is 0 Å². The summed E-state index contributed by atoms with van der Waals surface area (Å²) < 4.78 is 14.7. The number of nitrogens with zero attached hydrogens (tertiary/aromatic N) is 2. The Kier molecular flexibility index (Phi) is 6.44. The Morgan fingerprint density at radius 1 is 1.18 bits per heavy atom. The predicted molar refractivity (Wildman–Crippen MR) is 123 cm³/mol. The number of carbonyl (C=O) groups is 2. The summed E-state index contributed by atoms with van der Waals surface area (Å²) in [5.74, 6) is -0.0178. The highest BCUT2D eigenvalue weighted by Crippen LogP contribution is 2.42. The number of benzene rings is 2. The number of anilines is 1. The molecule has 2 aromatic carbocycles. The van der Waals surface area contributed by atoms with Gasteiger partial charge in [-0.25, -0.2) is 9.18 Å². The molecule has 1 fully saturated rings. The first-order valence-corrected chi connectivity index (χ1v) is 11.1. The highest BCUT2D eigenvalue weighted by Gasteiger charge is 2.30. The van der Waals surface area contributed by atoms with Gasteiger partial charge in [0.2, 0.25) is 5.91 Å². The highest BCUT2D eigenvalue weighted by molar-refractivity contribution is 5.92. The topological polar surface area (TPSA) is 96.2 Å². The number of rotatable bonds is 7. The molecule has 0 bridgehead atoms. The molecule has 7 nitrogen and oxygen atoms in total. The molecule has 1 aliphatic carbocycles. The van der Waals surface area contributed by atoms with Crippen LogP contribution in [-0.4, -0.2) is 26.8 Å². The van der Waals surface area contributed by atoms with Crippen molar-refractivity contribution < 1.29 is 19.1 Å². The Bertz CT molecular complexity index is 1180. The summed E-state index contributed by atoms with van der Waals surface area (Å²) in [6, 6.07) is 12.2. The van der Waals surface area contributed by atoms with Crippen molar-refractivity contribution in [3.05, 3.63) is 65.6 Å². The van der Waals surface area contributed by atoms with Gasteiger partial charge in [-0.15, -0.1) is 0 Å². The molecule has 3 N–H and O–H groups in total. The quantitative estimate of drug-likeness (QED) is 0.441. The molecule has 0 spiro atoms. The predicted octanol–water partition coefficient (Wildman–Crippen LogP) is 5.01. The van der Waals surface area contributed by atoms with Crippen molar-refractivity contribution >= 4 is 17.6 Å². The smallest absolute Gasteiger partial charge is 0.342 e. The van der Waals surface area contributed by atoms with Crippen LogP contribution < -0.4 is 10.6 Å². The van der Waals surface area contributed by atoms with Crippen LogP contribution in [0.1, 0.15) is 50.3 Å². The van der Waals surface area contributed by atoms with Crippen LogP contribution in [0.3, 0.4) is 0 Å². The SMILES string of the molecule is CC(C)CC(=O)Nc1ccc(O)c(-c2cc(C3CC3)n(C(=O)NCc3cccc(F)c3)n2)c1. The number of aromatic hydroxyl groups is 1. The lowest BCUT2D eigenvalue weighted by atomic mass is 10.1. The summed E-state index contributed by atoms with van der Waals surface area (Å²) in [5, 5.41) is 20.5. The van der Waals surface area contributed by atoms with E-state index in [-0.39, 0.29) is 35.9 Å². The Morgan fingerprint density at radius 2 is 1.97 bits per heavy atom. The fourth-order valence-corrected chi connectivity index (χ4v) is 3.66. The van der Waals surface area contributed by atoms with Crippen LogP contribution in [0.25, 0.3) is 11.3 Å². The second-order valence-corrected chi connectivity index (χ2v) is 8.81. The maximum Gasteiger partial charge on any atom is 0.342 e. The van der Waals surface area contributed by atoms with Crippen LogP contribution in [0, 0.1) is 11.7 Å². The second-order valence-electron chi connectivity index (χ2n) is 8.81. The third-order valence-electron chi connectivity index (χ3n) is 5.41. The molecule has 0 aliphatic heterocycles. The van der Waals surface area contributed by atoms with Gasteiger partial charge >= 0.3 is 6.03 Å². The zero-order valence-corrected chi connectivity index (χ0v) is 18.6. The lowest BCUT2D eigenvalue weighted by Crippen LogP contribution is -2.30. The fraction of sp³-hybridized carbons (Fsp3) is 0.320. The highest BCUT2D eigenvalue weighted by atomic mass is 19.1. The van der Waals surface area contributed by atoms with Crippen molar-refractivity contribution in [2.24, 2.45) is 5.92 Å². The summed E-state index contributed by atoms with van der Waals surface area (Å²) in [5.41, 5.74) is 2.82. The molecule has 1 saturated carbocycles. The first-order chi connectivity index (χ1) is 15.8. The van der Waals surface area contributed by atoms with E-state index in [2.05, 4.69) is 15.7 Å². The van der Waals surface area contributed by atoms with Crippen LogP contribution in [-0.2, 0) is 11.3 Å². The van der Waals surface area contributed by atoms with Gasteiger partial charge in [-0.2, -0.15) is 9.78 Å². The van der Waals surface area contributed by atoms with Gasteiger partial charge in [-0.05, 0) is 60.7 Å². The number of nitrogens with one attached hydrogen (secondary N) is 2. The van der Waals surface area contributed by atoms with E-state index in [0.29, 0.717) is 28.9 Å². The molecule has 0 atom stereocenters. The number of aromatic nitrogens is 2. The zero-order chi connectivity index (χ0) is 23.5. The van der Waals surface area contributed by atoms with E-state index in [1.807, 2.05) is 13.8 Å². The van der Waals surface area contributed by atoms with Gasteiger partial charge in [0, 0.05) is 30.1 Å². The molecule has 0 radical (unpaired) electrons. The Balaban J connectivity index is 1.57. The Morgan fingerprint density at radius 3 is 2.67 bits per heavy atom. The monoisotopic (exact) mass is 450 g/mol. The molecule has 8 heteroatoms. The van der Waals surface area contributed by atoms with Crippen LogP contribution in [0.5, 0.6) is 5.75 Å². The average molecular weight is 451 g/mol. The second kappa shape index (κ2) is 9.44. The van der Waals surface area contributed by atoms with E-state index in [0.717, 1.165) is 18.5 Å². The normalized spacial score (nSPS) is 13.2. The standard InChI is InChI=1S/C25H27FN4O3/c1-15(2)10-24(32)28-19-8-9-23(31)20(12-19)21-13-22(17-6-7-17)30(29-21)25(33)27-14-16-4-3-5-18(26)11-16/h3-5,8-9,11-13,15,17,31H,6-7,10,14H2,1-2H3,(H,27,33)(H,28,32). The molecular formula is C25H27FN4O3. The molecular weight excluding hydrogens is 423 g/mol. The van der Waals surface area contributed by atoms with E-state index in [1.54, 1.807) is 30.3 Å². The van der Waals surface area contributed by atoms with E-state index >= 15 is 0 Å². The number of phenols is 1. The lowest BCUT2D eigenvalue weighted by Gasteiger charge is -2.09. The van der Waals surface area contributed by atoms with Crippen LogP contribution in [0.15, 0.2) is 48.5 Å². The maximum atomic E-state index is 13.4. The van der Waals surface area contributed by atoms with Gasteiger partial charge < -0.3 is 15.7 Å². The zero-order valence-electron chi connectivity index (χ0n) is 18.6. The van der Waals surface area contributed by atoms with Gasteiger partial charge in [0.1, 0.15) is 11.6 Å². The lowest BCUT2D eigenvalue weighted by molar-refractivity contribution is -0.116. The molecule has 172 valence electrons. The van der Waals surface area contributed by atoms with Crippen molar-refractivity contribution in [2.45, 2.75) is 45.6 Å². The summed E-state index contributed by atoms with van der Waals surface area (Å²) in [6.45, 7) is 4.10. The number of hydrogen-bond acceptors (Lipinski definition) is 4. The Hall–Kier alpha value is -3.68. The van der Waals surface area contributed by atoms with Crippen molar-refractivity contribution in [2.75, 3.05) is 5.32 Å². The molecule has 0 unspecified atom stereocenters. The van der Waals surface area contributed by atoms with Gasteiger partial charge in [-0.1, -0.05) is 26.0 Å². The molecule has 2 amide bonds. The number of amides is 2. The number of halogens is 1. The van der Waals surface area contributed by atoms with Crippen LogP contribution >= 0.6 is 0 Å². The fourth-order valence-electron chi connectivity index (χ4n) is 3.66. The van der Waals surface area contributed by atoms with E-state index in [9.17, 15) is 19.1 Å². The van der Waals surface area contributed by atoms with Crippen molar-refractivity contribution in [3.8, 4) is 17.0 Å².